The molecule has 1 fully saturated rings. The summed E-state index contributed by atoms with van der Waals surface area (Å²) in [5.74, 6) is 1.56. The van der Waals surface area contributed by atoms with Gasteiger partial charge in [0.25, 0.3) is 0 Å². The van der Waals surface area contributed by atoms with E-state index < -0.39 is 0 Å². The molecule has 2 unspecified atom stereocenters. The van der Waals surface area contributed by atoms with Gasteiger partial charge in [-0.15, -0.1) is 0 Å². The zero-order chi connectivity index (χ0) is 13.4. The van der Waals surface area contributed by atoms with Crippen LogP contribution in [0.25, 0.3) is 10.9 Å². The van der Waals surface area contributed by atoms with Crippen LogP contribution in [0.15, 0.2) is 30.5 Å². The molecular formula is C15H16N2O2. The van der Waals surface area contributed by atoms with Crippen LogP contribution in [0.4, 0.5) is 5.69 Å². The molecule has 19 heavy (non-hydrogen) atoms. The predicted octanol–water partition coefficient (Wildman–Crippen LogP) is 2.84. The second-order valence-electron chi connectivity index (χ2n) is 5.09. The number of carbonyl (C=O) groups excluding carboxylic acids is 1. The first kappa shape index (κ1) is 12.0. The summed E-state index contributed by atoms with van der Waals surface area (Å²) in [4.78, 5) is 16.2. The Labute approximate surface area is 111 Å². The summed E-state index contributed by atoms with van der Waals surface area (Å²) >= 11 is 0. The number of fused-ring (bicyclic) bond motifs is 1. The number of pyridine rings is 1. The SMILES string of the molecule is COc1ccc2cc(NC(=O)C3CC3C)cnc2c1. The molecule has 3 rings (SSSR count). The number of rotatable bonds is 3. The third-order valence-electron chi connectivity index (χ3n) is 3.61. The van der Waals surface area contributed by atoms with Gasteiger partial charge in [0.1, 0.15) is 5.75 Å². The van der Waals surface area contributed by atoms with Crippen LogP contribution in [0, 0.1) is 11.8 Å². The zero-order valence-corrected chi connectivity index (χ0v) is 11.0. The van der Waals surface area contributed by atoms with Gasteiger partial charge in [-0.2, -0.15) is 0 Å². The summed E-state index contributed by atoms with van der Waals surface area (Å²) in [6.07, 6.45) is 2.68. The van der Waals surface area contributed by atoms with Gasteiger partial charge in [0.15, 0.2) is 0 Å². The lowest BCUT2D eigenvalue weighted by Crippen LogP contribution is -2.14. The van der Waals surface area contributed by atoms with E-state index in [0.717, 1.165) is 28.8 Å². The van der Waals surface area contributed by atoms with Gasteiger partial charge in [-0.05, 0) is 30.5 Å². The van der Waals surface area contributed by atoms with Crippen LogP contribution in [0.5, 0.6) is 5.75 Å². The molecule has 0 bridgehead atoms. The summed E-state index contributed by atoms with van der Waals surface area (Å²) in [6, 6.07) is 7.64. The molecule has 4 heteroatoms. The third-order valence-corrected chi connectivity index (χ3v) is 3.61. The molecule has 1 aromatic heterocycles. The lowest BCUT2D eigenvalue weighted by atomic mass is 10.2. The van der Waals surface area contributed by atoms with Gasteiger partial charge < -0.3 is 10.1 Å². The lowest BCUT2D eigenvalue weighted by molar-refractivity contribution is -0.117. The fourth-order valence-corrected chi connectivity index (χ4v) is 2.22. The van der Waals surface area contributed by atoms with Gasteiger partial charge >= 0.3 is 0 Å². The van der Waals surface area contributed by atoms with Crippen molar-refractivity contribution < 1.29 is 9.53 Å². The van der Waals surface area contributed by atoms with E-state index in [9.17, 15) is 4.79 Å². The van der Waals surface area contributed by atoms with Crippen molar-refractivity contribution in [3.8, 4) is 5.75 Å². The number of nitrogens with one attached hydrogen (secondary N) is 1. The van der Waals surface area contributed by atoms with E-state index in [1.807, 2.05) is 24.3 Å². The van der Waals surface area contributed by atoms with E-state index in [2.05, 4.69) is 17.2 Å². The van der Waals surface area contributed by atoms with Crippen molar-refractivity contribution >= 4 is 22.5 Å². The zero-order valence-electron chi connectivity index (χ0n) is 11.0. The number of ether oxygens (including phenoxy) is 1. The highest BCUT2D eigenvalue weighted by atomic mass is 16.5. The molecule has 98 valence electrons. The fraction of sp³-hybridized carbons (Fsp3) is 0.333. The highest BCUT2D eigenvalue weighted by Crippen LogP contribution is 2.38. The van der Waals surface area contributed by atoms with Crippen LogP contribution < -0.4 is 10.1 Å². The summed E-state index contributed by atoms with van der Waals surface area (Å²) in [7, 11) is 1.63. The van der Waals surface area contributed by atoms with Crippen LogP contribution in [-0.2, 0) is 4.79 Å². The van der Waals surface area contributed by atoms with Gasteiger partial charge in [-0.25, -0.2) is 0 Å². The number of aromatic nitrogens is 1. The van der Waals surface area contributed by atoms with Crippen LogP contribution in [-0.4, -0.2) is 18.0 Å². The molecule has 0 radical (unpaired) electrons. The molecule has 1 N–H and O–H groups in total. The van der Waals surface area contributed by atoms with Crippen molar-refractivity contribution in [2.75, 3.05) is 12.4 Å². The number of anilines is 1. The van der Waals surface area contributed by atoms with Crippen LogP contribution in [0.3, 0.4) is 0 Å². The smallest absolute Gasteiger partial charge is 0.227 e. The van der Waals surface area contributed by atoms with Crippen molar-refractivity contribution in [3.63, 3.8) is 0 Å². The molecule has 1 amide bonds. The standard InChI is InChI=1S/C15H16N2O2/c1-9-5-13(9)15(18)17-11-6-10-3-4-12(19-2)7-14(10)16-8-11/h3-4,6-9,13H,5H2,1-2H3,(H,17,18). The van der Waals surface area contributed by atoms with Gasteiger partial charge in [-0.3, -0.25) is 9.78 Å². The predicted molar refractivity (Wildman–Crippen MR) is 74.2 cm³/mol. The minimum absolute atomic E-state index is 0.0992. The Hall–Kier alpha value is -2.10. The van der Waals surface area contributed by atoms with E-state index in [0.29, 0.717) is 5.92 Å². The van der Waals surface area contributed by atoms with E-state index in [-0.39, 0.29) is 11.8 Å². The summed E-state index contributed by atoms with van der Waals surface area (Å²) < 4.78 is 5.16. The van der Waals surface area contributed by atoms with E-state index >= 15 is 0 Å². The Kier molecular flexibility index (Phi) is 2.85. The maximum absolute atomic E-state index is 11.9. The Bertz CT molecular complexity index is 639. The highest BCUT2D eigenvalue weighted by molar-refractivity contribution is 5.96. The lowest BCUT2D eigenvalue weighted by Gasteiger charge is -2.06. The molecule has 1 saturated carbocycles. The average molecular weight is 256 g/mol. The largest absolute Gasteiger partial charge is 0.497 e. The third kappa shape index (κ3) is 2.38. The van der Waals surface area contributed by atoms with Crippen molar-refractivity contribution in [2.45, 2.75) is 13.3 Å². The monoisotopic (exact) mass is 256 g/mol. The van der Waals surface area contributed by atoms with Gasteiger partial charge in [0, 0.05) is 17.4 Å². The first-order valence-corrected chi connectivity index (χ1v) is 6.42. The van der Waals surface area contributed by atoms with Crippen LogP contribution in [0.2, 0.25) is 0 Å². The molecule has 1 aliphatic rings. The first-order chi connectivity index (χ1) is 9.17. The number of nitrogens with zero attached hydrogens (tertiary/aromatic N) is 1. The van der Waals surface area contributed by atoms with Gasteiger partial charge in [0.05, 0.1) is 24.5 Å². The Morgan fingerprint density at radius 2 is 2.21 bits per heavy atom. The number of benzene rings is 1. The molecule has 1 aromatic carbocycles. The van der Waals surface area contributed by atoms with Crippen molar-refractivity contribution in [3.05, 3.63) is 30.5 Å². The Morgan fingerprint density at radius 1 is 1.42 bits per heavy atom. The quantitative estimate of drug-likeness (QED) is 0.918. The molecule has 2 aromatic rings. The van der Waals surface area contributed by atoms with E-state index in [1.54, 1.807) is 13.3 Å². The van der Waals surface area contributed by atoms with E-state index in [1.165, 1.54) is 0 Å². The van der Waals surface area contributed by atoms with Crippen molar-refractivity contribution in [1.29, 1.82) is 0 Å². The number of hydrogen-bond acceptors (Lipinski definition) is 3. The Morgan fingerprint density at radius 3 is 2.89 bits per heavy atom. The molecule has 1 heterocycles. The number of amides is 1. The summed E-state index contributed by atoms with van der Waals surface area (Å²) in [5.41, 5.74) is 1.61. The topological polar surface area (TPSA) is 51.2 Å². The number of hydrogen-bond donors (Lipinski definition) is 1. The average Bonchev–Trinajstić information content (AvgIpc) is 3.15. The van der Waals surface area contributed by atoms with E-state index in [4.69, 9.17) is 4.74 Å². The van der Waals surface area contributed by atoms with Crippen molar-refractivity contribution in [1.82, 2.24) is 4.98 Å². The number of methoxy groups -OCH3 is 1. The second-order valence-corrected chi connectivity index (χ2v) is 5.09. The van der Waals surface area contributed by atoms with Crippen LogP contribution in [0.1, 0.15) is 13.3 Å². The first-order valence-electron chi connectivity index (χ1n) is 6.42. The van der Waals surface area contributed by atoms with Crippen molar-refractivity contribution in [2.24, 2.45) is 11.8 Å². The molecule has 0 spiro atoms. The summed E-state index contributed by atoms with van der Waals surface area (Å²) in [5, 5.41) is 3.91. The second kappa shape index (κ2) is 4.53. The fourth-order valence-electron chi connectivity index (χ4n) is 2.22. The molecule has 4 nitrogen and oxygen atoms in total. The van der Waals surface area contributed by atoms with Crippen LogP contribution >= 0.6 is 0 Å². The molecule has 2 atom stereocenters. The molecular weight excluding hydrogens is 240 g/mol. The maximum Gasteiger partial charge on any atom is 0.227 e. The number of carbonyl (C=O) groups is 1. The highest BCUT2D eigenvalue weighted by Gasteiger charge is 2.39. The molecule has 0 saturated heterocycles. The maximum atomic E-state index is 11.9. The molecule has 0 aliphatic heterocycles. The normalized spacial score (nSPS) is 21.2. The minimum atomic E-state index is 0.0992. The molecule has 1 aliphatic carbocycles. The van der Waals surface area contributed by atoms with Gasteiger partial charge in [0.2, 0.25) is 5.91 Å². The van der Waals surface area contributed by atoms with Gasteiger partial charge in [-0.1, -0.05) is 6.92 Å². The minimum Gasteiger partial charge on any atom is -0.497 e. The summed E-state index contributed by atoms with van der Waals surface area (Å²) in [6.45, 7) is 2.09. The Balaban J connectivity index is 1.83.